The number of hydrogen-bond donors (Lipinski definition) is 1. The highest BCUT2D eigenvalue weighted by atomic mass is 19.4. The monoisotopic (exact) mass is 302 g/mol. The molecule has 0 radical (unpaired) electrons. The molecule has 0 bridgehead atoms. The molecule has 0 fully saturated rings. The van der Waals surface area contributed by atoms with Gasteiger partial charge in [0.05, 0.1) is 18.2 Å². The lowest BCUT2D eigenvalue weighted by Gasteiger charge is -2.05. The summed E-state index contributed by atoms with van der Waals surface area (Å²) in [4.78, 5) is 7.66. The minimum absolute atomic E-state index is 0.00525. The van der Waals surface area contributed by atoms with E-state index >= 15 is 0 Å². The minimum Gasteiger partial charge on any atom is -0.380 e. The zero-order chi connectivity index (χ0) is 15.5. The van der Waals surface area contributed by atoms with Gasteiger partial charge >= 0.3 is 6.18 Å². The lowest BCUT2D eigenvalue weighted by atomic mass is 10.2. The van der Waals surface area contributed by atoms with Crippen LogP contribution in [0.4, 0.5) is 13.2 Å². The van der Waals surface area contributed by atoms with Gasteiger partial charge in [0, 0.05) is 12.8 Å². The molecule has 2 N–H and O–H groups in total. The van der Waals surface area contributed by atoms with Gasteiger partial charge in [-0.25, -0.2) is 0 Å². The van der Waals surface area contributed by atoms with Crippen molar-refractivity contribution >= 4 is 0 Å². The standard InChI is InChI=1S/C12H13F3N4O2/c1-2-20-6-8(16)10-18-11(21-19-10)9-4-3-7(5-17-9)12(13,14)15/h3-5,8H,2,6,16H2,1H3. The van der Waals surface area contributed by atoms with Crippen LogP contribution in [0.25, 0.3) is 11.6 Å². The van der Waals surface area contributed by atoms with Crippen LogP contribution in [0.1, 0.15) is 24.4 Å². The summed E-state index contributed by atoms with van der Waals surface area (Å²) < 4.78 is 47.4. The molecule has 1 unspecified atom stereocenters. The third-order valence-electron chi connectivity index (χ3n) is 2.58. The summed E-state index contributed by atoms with van der Waals surface area (Å²) in [5.41, 5.74) is 5.07. The highest BCUT2D eigenvalue weighted by Crippen LogP contribution is 2.29. The van der Waals surface area contributed by atoms with Crippen molar-refractivity contribution in [2.24, 2.45) is 5.73 Å². The Morgan fingerprint density at radius 3 is 2.71 bits per heavy atom. The van der Waals surface area contributed by atoms with E-state index in [4.69, 9.17) is 15.0 Å². The van der Waals surface area contributed by atoms with Gasteiger partial charge in [-0.2, -0.15) is 18.2 Å². The lowest BCUT2D eigenvalue weighted by molar-refractivity contribution is -0.137. The van der Waals surface area contributed by atoms with E-state index in [1.54, 1.807) is 0 Å². The van der Waals surface area contributed by atoms with Crippen LogP contribution in [0.15, 0.2) is 22.9 Å². The molecular formula is C12H13F3N4O2. The van der Waals surface area contributed by atoms with Gasteiger partial charge in [-0.15, -0.1) is 0 Å². The van der Waals surface area contributed by atoms with E-state index in [1.165, 1.54) is 0 Å². The summed E-state index contributed by atoms with van der Waals surface area (Å²) in [7, 11) is 0. The van der Waals surface area contributed by atoms with Crippen LogP contribution < -0.4 is 5.73 Å². The Hall–Kier alpha value is -2.00. The molecule has 2 heterocycles. The summed E-state index contributed by atoms with van der Waals surface area (Å²) in [5, 5.41) is 3.66. The average molecular weight is 302 g/mol. The van der Waals surface area contributed by atoms with Crippen LogP contribution in [0.2, 0.25) is 0 Å². The number of aromatic nitrogens is 3. The maximum atomic E-state index is 12.4. The van der Waals surface area contributed by atoms with Crippen LogP contribution >= 0.6 is 0 Å². The molecule has 0 aliphatic rings. The number of hydrogen-bond acceptors (Lipinski definition) is 6. The van der Waals surface area contributed by atoms with Gasteiger partial charge < -0.3 is 15.0 Å². The zero-order valence-electron chi connectivity index (χ0n) is 11.1. The third kappa shape index (κ3) is 3.76. The van der Waals surface area contributed by atoms with Gasteiger partial charge in [-0.05, 0) is 19.1 Å². The van der Waals surface area contributed by atoms with Crippen LogP contribution in [-0.4, -0.2) is 28.3 Å². The summed E-state index contributed by atoms with van der Waals surface area (Å²) in [6.45, 7) is 2.54. The maximum absolute atomic E-state index is 12.4. The molecule has 0 aromatic carbocycles. The van der Waals surface area contributed by atoms with E-state index in [2.05, 4.69) is 15.1 Å². The predicted octanol–water partition coefficient (Wildman–Crippen LogP) is 2.19. The molecule has 0 saturated carbocycles. The molecule has 0 saturated heterocycles. The normalized spacial score (nSPS) is 13.4. The van der Waals surface area contributed by atoms with E-state index in [0.29, 0.717) is 12.8 Å². The Morgan fingerprint density at radius 2 is 2.14 bits per heavy atom. The van der Waals surface area contributed by atoms with Gasteiger partial charge in [0.1, 0.15) is 5.69 Å². The molecule has 6 nitrogen and oxygen atoms in total. The van der Waals surface area contributed by atoms with E-state index in [-0.39, 0.29) is 24.0 Å². The molecule has 0 spiro atoms. The van der Waals surface area contributed by atoms with E-state index in [0.717, 1.165) is 12.1 Å². The Kier molecular flexibility index (Phi) is 4.53. The van der Waals surface area contributed by atoms with Gasteiger partial charge in [-0.3, -0.25) is 4.98 Å². The molecule has 114 valence electrons. The SMILES string of the molecule is CCOCC(N)c1noc(-c2ccc(C(F)(F)F)cn2)n1. The van der Waals surface area contributed by atoms with Crippen molar-refractivity contribution in [2.75, 3.05) is 13.2 Å². The van der Waals surface area contributed by atoms with Crippen LogP contribution in [-0.2, 0) is 10.9 Å². The second kappa shape index (κ2) is 6.19. The highest BCUT2D eigenvalue weighted by molar-refractivity contribution is 5.46. The number of rotatable bonds is 5. The van der Waals surface area contributed by atoms with E-state index in [9.17, 15) is 13.2 Å². The Morgan fingerprint density at radius 1 is 1.38 bits per heavy atom. The topological polar surface area (TPSA) is 87.1 Å². The number of nitrogens with zero attached hydrogens (tertiary/aromatic N) is 3. The molecule has 2 rings (SSSR count). The van der Waals surface area contributed by atoms with Gasteiger partial charge in [-0.1, -0.05) is 5.16 Å². The van der Waals surface area contributed by atoms with Gasteiger partial charge in [0.15, 0.2) is 5.82 Å². The largest absolute Gasteiger partial charge is 0.417 e. The zero-order valence-corrected chi connectivity index (χ0v) is 11.1. The van der Waals surface area contributed by atoms with Gasteiger partial charge in [0.2, 0.25) is 0 Å². The molecule has 1 atom stereocenters. The van der Waals surface area contributed by atoms with Gasteiger partial charge in [0.25, 0.3) is 5.89 Å². The summed E-state index contributed by atoms with van der Waals surface area (Å²) >= 11 is 0. The first-order chi connectivity index (χ1) is 9.91. The molecular weight excluding hydrogens is 289 g/mol. The molecule has 0 amide bonds. The maximum Gasteiger partial charge on any atom is 0.417 e. The molecule has 2 aromatic rings. The minimum atomic E-state index is -4.44. The highest BCUT2D eigenvalue weighted by Gasteiger charge is 2.31. The first-order valence-corrected chi connectivity index (χ1v) is 6.12. The Labute approximate surface area is 118 Å². The number of pyridine rings is 1. The molecule has 0 aliphatic heterocycles. The molecule has 21 heavy (non-hydrogen) atoms. The molecule has 0 aliphatic carbocycles. The van der Waals surface area contributed by atoms with Crippen molar-refractivity contribution < 1.29 is 22.4 Å². The number of alkyl halides is 3. The van der Waals surface area contributed by atoms with Crippen molar-refractivity contribution in [3.63, 3.8) is 0 Å². The third-order valence-corrected chi connectivity index (χ3v) is 2.58. The van der Waals surface area contributed by atoms with Crippen molar-refractivity contribution in [3.8, 4) is 11.6 Å². The van der Waals surface area contributed by atoms with Crippen molar-refractivity contribution in [1.29, 1.82) is 0 Å². The van der Waals surface area contributed by atoms with Crippen molar-refractivity contribution in [3.05, 3.63) is 29.7 Å². The summed E-state index contributed by atoms with van der Waals surface area (Å²) in [6.07, 6.45) is -3.73. The number of nitrogens with two attached hydrogens (primary N) is 1. The first kappa shape index (κ1) is 15.4. The van der Waals surface area contributed by atoms with E-state index in [1.807, 2.05) is 6.92 Å². The molecule has 9 heteroatoms. The van der Waals surface area contributed by atoms with E-state index < -0.39 is 17.8 Å². The Balaban J connectivity index is 2.14. The number of ether oxygens (including phenoxy) is 1. The second-order valence-corrected chi connectivity index (χ2v) is 4.15. The van der Waals surface area contributed by atoms with Crippen LogP contribution in [0.3, 0.4) is 0 Å². The molecule has 2 aromatic heterocycles. The summed E-state index contributed by atoms with van der Waals surface area (Å²) in [6, 6.07) is 1.48. The van der Waals surface area contributed by atoms with Crippen LogP contribution in [0, 0.1) is 0 Å². The first-order valence-electron chi connectivity index (χ1n) is 6.12. The summed E-state index contributed by atoms with van der Waals surface area (Å²) in [5.74, 6) is 0.214. The average Bonchev–Trinajstić information content (AvgIpc) is 2.94. The van der Waals surface area contributed by atoms with Crippen LogP contribution in [0.5, 0.6) is 0 Å². The fourth-order valence-electron chi connectivity index (χ4n) is 1.50. The predicted molar refractivity (Wildman–Crippen MR) is 66.0 cm³/mol. The fraction of sp³-hybridized carbons (Fsp3) is 0.417. The van der Waals surface area contributed by atoms with Crippen molar-refractivity contribution in [1.82, 2.24) is 15.1 Å². The second-order valence-electron chi connectivity index (χ2n) is 4.15. The number of halogens is 3. The Bertz CT molecular complexity index is 583. The fourth-order valence-corrected chi connectivity index (χ4v) is 1.50. The lowest BCUT2D eigenvalue weighted by Crippen LogP contribution is -2.18. The van der Waals surface area contributed by atoms with Crippen molar-refractivity contribution in [2.45, 2.75) is 19.1 Å². The smallest absolute Gasteiger partial charge is 0.380 e. The quantitative estimate of drug-likeness (QED) is 0.911.